The summed E-state index contributed by atoms with van der Waals surface area (Å²) in [6.45, 7) is 12.0. The van der Waals surface area contributed by atoms with Gasteiger partial charge >= 0.3 is 0 Å². The Balaban J connectivity index is 2.25. The quantitative estimate of drug-likeness (QED) is 0.296. The van der Waals surface area contributed by atoms with Gasteiger partial charge in [0.15, 0.2) is 5.78 Å². The third kappa shape index (κ3) is 5.59. The van der Waals surface area contributed by atoms with Gasteiger partial charge in [0, 0.05) is 27.8 Å². The number of aromatic hydroxyl groups is 1. The third-order valence-corrected chi connectivity index (χ3v) is 5.50. The second kappa shape index (κ2) is 8.68. The molecule has 0 spiro atoms. The van der Waals surface area contributed by atoms with Gasteiger partial charge in [-0.2, -0.15) is 0 Å². The number of ketones is 1. The number of amides is 1. The topological polar surface area (TPSA) is 78.4 Å². The molecule has 0 heterocycles. The van der Waals surface area contributed by atoms with E-state index in [1.54, 1.807) is 42.5 Å². The highest BCUT2D eigenvalue weighted by atomic mass is 16.3. The van der Waals surface area contributed by atoms with Crippen molar-refractivity contribution in [2.45, 2.75) is 59.9 Å². The summed E-state index contributed by atoms with van der Waals surface area (Å²) in [4.78, 5) is 25.5. The van der Waals surface area contributed by atoms with E-state index >= 15 is 0 Å². The SMILES string of the molecule is CCC(C)(C)Nc1ccc(O)c(NC(=O)c2cccc(C(=O)C(C)(C)CC)c2)c1. The van der Waals surface area contributed by atoms with Gasteiger partial charge in [-0.3, -0.25) is 9.59 Å². The van der Waals surface area contributed by atoms with Crippen molar-refractivity contribution in [1.82, 2.24) is 0 Å². The highest BCUT2D eigenvalue weighted by Crippen LogP contribution is 2.30. The summed E-state index contributed by atoms with van der Waals surface area (Å²) in [5, 5.41) is 16.3. The van der Waals surface area contributed by atoms with Crippen molar-refractivity contribution in [1.29, 1.82) is 0 Å². The molecule has 2 aromatic rings. The molecule has 0 saturated carbocycles. The Hall–Kier alpha value is -2.82. The summed E-state index contributed by atoms with van der Waals surface area (Å²) in [6, 6.07) is 11.7. The molecule has 0 unspecified atom stereocenters. The monoisotopic (exact) mass is 396 g/mol. The molecule has 5 nitrogen and oxygen atoms in total. The van der Waals surface area contributed by atoms with Crippen molar-refractivity contribution in [3.8, 4) is 5.75 Å². The van der Waals surface area contributed by atoms with Crippen LogP contribution in [-0.2, 0) is 0 Å². The molecule has 0 saturated heterocycles. The van der Waals surface area contributed by atoms with Crippen molar-refractivity contribution in [3.63, 3.8) is 0 Å². The zero-order valence-corrected chi connectivity index (χ0v) is 18.2. The number of Topliss-reactive ketones (excluding diaryl/α,β-unsaturated/α-hetero) is 1. The molecule has 2 aromatic carbocycles. The van der Waals surface area contributed by atoms with Crippen LogP contribution in [-0.4, -0.2) is 22.3 Å². The van der Waals surface area contributed by atoms with E-state index in [0.717, 1.165) is 12.1 Å². The van der Waals surface area contributed by atoms with Crippen LogP contribution in [0.2, 0.25) is 0 Å². The number of carbonyl (C=O) groups is 2. The van der Waals surface area contributed by atoms with Gasteiger partial charge < -0.3 is 15.7 Å². The number of phenols is 1. The molecule has 0 aromatic heterocycles. The number of rotatable bonds is 8. The van der Waals surface area contributed by atoms with E-state index < -0.39 is 5.41 Å². The standard InChI is InChI=1S/C24H32N2O3/c1-7-23(3,4)21(28)16-10-9-11-17(14-16)22(29)25-19-15-18(12-13-20(19)27)26-24(5,6)8-2/h9-15,26-27H,7-8H2,1-6H3,(H,25,29). The van der Waals surface area contributed by atoms with Gasteiger partial charge in [0.1, 0.15) is 5.75 Å². The molecule has 1 amide bonds. The first-order valence-electron chi connectivity index (χ1n) is 10.1. The minimum absolute atomic E-state index is 0.00508. The smallest absolute Gasteiger partial charge is 0.255 e. The first-order valence-corrected chi connectivity index (χ1v) is 10.1. The van der Waals surface area contributed by atoms with E-state index in [4.69, 9.17) is 0 Å². The second-order valence-corrected chi connectivity index (χ2v) is 8.70. The molecule has 0 fully saturated rings. The Morgan fingerprint density at radius 3 is 2.21 bits per heavy atom. The van der Waals surface area contributed by atoms with E-state index in [-0.39, 0.29) is 23.0 Å². The maximum Gasteiger partial charge on any atom is 0.255 e. The van der Waals surface area contributed by atoms with Crippen LogP contribution in [0.1, 0.15) is 75.1 Å². The lowest BCUT2D eigenvalue weighted by atomic mass is 9.82. The van der Waals surface area contributed by atoms with Crippen molar-refractivity contribution in [3.05, 3.63) is 53.6 Å². The number of phenolic OH excluding ortho intramolecular Hbond substituents is 1. The molecule has 0 aliphatic heterocycles. The zero-order valence-electron chi connectivity index (χ0n) is 18.2. The van der Waals surface area contributed by atoms with E-state index in [2.05, 4.69) is 31.4 Å². The van der Waals surface area contributed by atoms with Crippen molar-refractivity contribution < 1.29 is 14.7 Å². The van der Waals surface area contributed by atoms with Crippen LogP contribution in [0.25, 0.3) is 0 Å². The molecule has 0 atom stereocenters. The first kappa shape index (κ1) is 22.5. The molecule has 0 bridgehead atoms. The summed E-state index contributed by atoms with van der Waals surface area (Å²) in [7, 11) is 0. The van der Waals surface area contributed by atoms with Gasteiger partial charge in [0.05, 0.1) is 5.69 Å². The van der Waals surface area contributed by atoms with E-state index in [0.29, 0.717) is 23.2 Å². The van der Waals surface area contributed by atoms with E-state index in [1.807, 2.05) is 20.8 Å². The van der Waals surface area contributed by atoms with Gasteiger partial charge in [0.2, 0.25) is 0 Å². The molecule has 3 N–H and O–H groups in total. The summed E-state index contributed by atoms with van der Waals surface area (Å²) >= 11 is 0. The zero-order chi connectivity index (χ0) is 21.8. The number of anilines is 2. The fourth-order valence-corrected chi connectivity index (χ4v) is 2.74. The minimum atomic E-state index is -0.487. The van der Waals surface area contributed by atoms with Crippen LogP contribution >= 0.6 is 0 Å². The van der Waals surface area contributed by atoms with Crippen molar-refractivity contribution in [2.75, 3.05) is 10.6 Å². The highest BCUT2D eigenvalue weighted by molar-refractivity contribution is 6.07. The number of benzene rings is 2. The highest BCUT2D eigenvalue weighted by Gasteiger charge is 2.27. The average Bonchev–Trinajstić information content (AvgIpc) is 2.69. The summed E-state index contributed by atoms with van der Waals surface area (Å²) in [5.74, 6) is -0.390. The first-order chi connectivity index (χ1) is 13.5. The van der Waals surface area contributed by atoms with Crippen LogP contribution in [0.15, 0.2) is 42.5 Å². The largest absolute Gasteiger partial charge is 0.506 e. The van der Waals surface area contributed by atoms with Crippen molar-refractivity contribution >= 4 is 23.1 Å². The van der Waals surface area contributed by atoms with Gasteiger partial charge in [0.25, 0.3) is 5.91 Å². The normalized spacial score (nSPS) is 11.8. The summed E-state index contributed by atoms with van der Waals surface area (Å²) in [5.41, 5.74) is 1.40. The third-order valence-electron chi connectivity index (χ3n) is 5.50. The van der Waals surface area contributed by atoms with Crippen LogP contribution in [0.3, 0.4) is 0 Å². The fourth-order valence-electron chi connectivity index (χ4n) is 2.74. The molecule has 29 heavy (non-hydrogen) atoms. The molecule has 0 radical (unpaired) electrons. The summed E-state index contributed by atoms with van der Waals surface area (Å²) < 4.78 is 0. The Morgan fingerprint density at radius 1 is 0.931 bits per heavy atom. The maximum atomic E-state index is 12.8. The van der Waals surface area contributed by atoms with Gasteiger partial charge in [-0.05, 0) is 57.0 Å². The van der Waals surface area contributed by atoms with Crippen LogP contribution in [0.4, 0.5) is 11.4 Å². The predicted molar refractivity (Wildman–Crippen MR) is 119 cm³/mol. The Kier molecular flexibility index (Phi) is 6.73. The fraction of sp³-hybridized carbons (Fsp3) is 0.417. The lowest BCUT2D eigenvalue weighted by molar-refractivity contribution is 0.0833. The van der Waals surface area contributed by atoms with Crippen LogP contribution < -0.4 is 10.6 Å². The molecule has 0 aliphatic carbocycles. The molecule has 2 rings (SSSR count). The van der Waals surface area contributed by atoms with Crippen molar-refractivity contribution in [2.24, 2.45) is 5.41 Å². The summed E-state index contributed by atoms with van der Waals surface area (Å²) in [6.07, 6.45) is 1.63. The second-order valence-electron chi connectivity index (χ2n) is 8.70. The van der Waals surface area contributed by atoms with Gasteiger partial charge in [-0.15, -0.1) is 0 Å². The number of nitrogens with one attached hydrogen (secondary N) is 2. The molecule has 156 valence electrons. The Morgan fingerprint density at radius 2 is 1.59 bits per heavy atom. The molecular formula is C24H32N2O3. The molecule has 5 heteroatoms. The lowest BCUT2D eigenvalue weighted by Crippen LogP contribution is -2.29. The van der Waals surface area contributed by atoms with Crippen LogP contribution in [0.5, 0.6) is 5.75 Å². The molecule has 0 aliphatic rings. The minimum Gasteiger partial charge on any atom is -0.506 e. The number of hydrogen-bond donors (Lipinski definition) is 3. The van der Waals surface area contributed by atoms with Gasteiger partial charge in [-0.1, -0.05) is 39.8 Å². The molecular weight excluding hydrogens is 364 g/mol. The Bertz CT molecular complexity index is 901. The lowest BCUT2D eigenvalue weighted by Gasteiger charge is -2.26. The van der Waals surface area contributed by atoms with E-state index in [9.17, 15) is 14.7 Å². The maximum absolute atomic E-state index is 12.8. The Labute approximate surface area is 173 Å². The van der Waals surface area contributed by atoms with Crippen LogP contribution in [0, 0.1) is 5.41 Å². The van der Waals surface area contributed by atoms with Gasteiger partial charge in [-0.25, -0.2) is 0 Å². The predicted octanol–water partition coefficient (Wildman–Crippen LogP) is 5.86. The average molecular weight is 397 g/mol. The number of hydrogen-bond acceptors (Lipinski definition) is 4. The van der Waals surface area contributed by atoms with E-state index in [1.165, 1.54) is 0 Å². The number of carbonyl (C=O) groups excluding carboxylic acids is 2.